The summed E-state index contributed by atoms with van der Waals surface area (Å²) in [5.74, 6) is 1.48. The Morgan fingerprint density at radius 1 is 1.38 bits per heavy atom. The van der Waals surface area contributed by atoms with Gasteiger partial charge in [0, 0.05) is 18.7 Å². The van der Waals surface area contributed by atoms with Crippen molar-refractivity contribution in [2.75, 3.05) is 13.1 Å². The van der Waals surface area contributed by atoms with Crippen molar-refractivity contribution in [3.8, 4) is 11.5 Å². The Balaban J connectivity index is 1.65. The van der Waals surface area contributed by atoms with E-state index < -0.39 is 5.60 Å². The zero-order valence-electron chi connectivity index (χ0n) is 12.7. The Labute approximate surface area is 124 Å². The summed E-state index contributed by atoms with van der Waals surface area (Å²) in [6.45, 7) is 8.07. The number of hydrogen-bond acceptors (Lipinski definition) is 5. The molecule has 0 amide bonds. The SMILES string of the molecule is Cc1cccc(-c2nc(CN3CC(O)(C(C)C)C3)no2)c1. The van der Waals surface area contributed by atoms with E-state index in [-0.39, 0.29) is 5.92 Å². The van der Waals surface area contributed by atoms with E-state index in [2.05, 4.69) is 15.0 Å². The minimum Gasteiger partial charge on any atom is -0.387 e. The van der Waals surface area contributed by atoms with E-state index in [9.17, 15) is 5.11 Å². The van der Waals surface area contributed by atoms with Crippen molar-refractivity contribution >= 4 is 0 Å². The Bertz CT molecular complexity index is 630. The molecule has 0 bridgehead atoms. The third-order valence-electron chi connectivity index (χ3n) is 4.17. The average molecular weight is 287 g/mol. The summed E-state index contributed by atoms with van der Waals surface area (Å²) >= 11 is 0. The Kier molecular flexibility index (Phi) is 3.55. The molecular formula is C16H21N3O2. The number of aryl methyl sites for hydroxylation is 1. The van der Waals surface area contributed by atoms with E-state index >= 15 is 0 Å². The fourth-order valence-electron chi connectivity index (χ4n) is 2.62. The first-order chi connectivity index (χ1) is 9.96. The summed E-state index contributed by atoms with van der Waals surface area (Å²) < 4.78 is 5.32. The second-order valence-corrected chi connectivity index (χ2v) is 6.29. The van der Waals surface area contributed by atoms with Gasteiger partial charge in [-0.15, -0.1) is 0 Å². The van der Waals surface area contributed by atoms with Crippen molar-refractivity contribution in [1.82, 2.24) is 15.0 Å². The minimum atomic E-state index is -0.566. The van der Waals surface area contributed by atoms with Crippen LogP contribution in [-0.2, 0) is 6.54 Å². The molecule has 5 heteroatoms. The van der Waals surface area contributed by atoms with Crippen LogP contribution < -0.4 is 0 Å². The third-order valence-corrected chi connectivity index (χ3v) is 4.17. The van der Waals surface area contributed by atoms with E-state index in [1.807, 2.05) is 45.0 Å². The molecule has 0 spiro atoms. The van der Waals surface area contributed by atoms with Gasteiger partial charge in [-0.2, -0.15) is 4.98 Å². The molecule has 1 aliphatic rings. The first kappa shape index (κ1) is 14.2. The minimum absolute atomic E-state index is 0.266. The number of rotatable bonds is 4. The van der Waals surface area contributed by atoms with E-state index in [1.165, 1.54) is 0 Å². The van der Waals surface area contributed by atoms with Gasteiger partial charge in [0.15, 0.2) is 5.82 Å². The summed E-state index contributed by atoms with van der Waals surface area (Å²) in [4.78, 5) is 6.56. The smallest absolute Gasteiger partial charge is 0.257 e. The van der Waals surface area contributed by atoms with Crippen LogP contribution in [0, 0.1) is 12.8 Å². The van der Waals surface area contributed by atoms with Gasteiger partial charge in [-0.3, -0.25) is 4.90 Å². The van der Waals surface area contributed by atoms with Crippen molar-refractivity contribution in [2.24, 2.45) is 5.92 Å². The standard InChI is InChI=1S/C16H21N3O2/c1-11(2)16(20)9-19(10-16)8-14-17-15(21-18-14)13-6-4-5-12(3)7-13/h4-7,11,20H,8-10H2,1-3H3. The van der Waals surface area contributed by atoms with Gasteiger partial charge in [-0.1, -0.05) is 36.7 Å². The number of hydrogen-bond donors (Lipinski definition) is 1. The van der Waals surface area contributed by atoms with Gasteiger partial charge in [0.1, 0.15) is 0 Å². The van der Waals surface area contributed by atoms with Gasteiger partial charge >= 0.3 is 0 Å². The summed E-state index contributed by atoms with van der Waals surface area (Å²) in [5, 5.41) is 14.3. The zero-order valence-corrected chi connectivity index (χ0v) is 12.7. The number of benzene rings is 1. The molecule has 1 aromatic carbocycles. The molecule has 0 aliphatic carbocycles. The van der Waals surface area contributed by atoms with Crippen molar-refractivity contribution in [3.63, 3.8) is 0 Å². The van der Waals surface area contributed by atoms with Gasteiger partial charge in [0.25, 0.3) is 5.89 Å². The Morgan fingerprint density at radius 3 is 2.81 bits per heavy atom. The second-order valence-electron chi connectivity index (χ2n) is 6.29. The molecule has 0 saturated carbocycles. The van der Waals surface area contributed by atoms with Gasteiger partial charge in [-0.05, 0) is 25.0 Å². The lowest BCUT2D eigenvalue weighted by atomic mass is 9.83. The van der Waals surface area contributed by atoms with Crippen molar-refractivity contribution in [2.45, 2.75) is 32.9 Å². The number of nitrogens with zero attached hydrogens (tertiary/aromatic N) is 3. The summed E-state index contributed by atoms with van der Waals surface area (Å²) in [6, 6.07) is 8.00. The third kappa shape index (κ3) is 2.84. The fraction of sp³-hybridized carbons (Fsp3) is 0.500. The quantitative estimate of drug-likeness (QED) is 0.934. The predicted octanol–water partition coefficient (Wildman–Crippen LogP) is 2.25. The highest BCUT2D eigenvalue weighted by Crippen LogP contribution is 2.29. The first-order valence-corrected chi connectivity index (χ1v) is 7.31. The Hall–Kier alpha value is -1.72. The molecule has 5 nitrogen and oxygen atoms in total. The van der Waals surface area contributed by atoms with Gasteiger partial charge in [0.05, 0.1) is 12.1 Å². The molecule has 0 unspecified atom stereocenters. The van der Waals surface area contributed by atoms with Crippen LogP contribution in [0.25, 0.3) is 11.5 Å². The average Bonchev–Trinajstić information content (AvgIpc) is 2.85. The maximum atomic E-state index is 10.2. The molecule has 0 atom stereocenters. The molecule has 1 aromatic heterocycles. The van der Waals surface area contributed by atoms with E-state index in [1.54, 1.807) is 0 Å². The normalized spacial score (nSPS) is 18.0. The van der Waals surface area contributed by atoms with Crippen molar-refractivity contribution < 1.29 is 9.63 Å². The van der Waals surface area contributed by atoms with E-state index in [4.69, 9.17) is 4.52 Å². The molecule has 0 radical (unpaired) electrons. The van der Waals surface area contributed by atoms with E-state index in [0.29, 0.717) is 31.3 Å². The molecule has 21 heavy (non-hydrogen) atoms. The molecule has 2 aromatic rings. The van der Waals surface area contributed by atoms with Gasteiger partial charge in [0.2, 0.25) is 0 Å². The molecule has 112 valence electrons. The second kappa shape index (κ2) is 5.24. The number of β-amino-alcohol motifs (C(OH)–C–C–N with tert-alkyl or cyclic N) is 1. The van der Waals surface area contributed by atoms with Crippen LogP contribution in [0.15, 0.2) is 28.8 Å². The fourth-order valence-corrected chi connectivity index (χ4v) is 2.62. The Morgan fingerprint density at radius 2 is 2.14 bits per heavy atom. The highest BCUT2D eigenvalue weighted by atomic mass is 16.5. The number of likely N-dealkylation sites (tertiary alicyclic amines) is 1. The summed E-state index contributed by atoms with van der Waals surface area (Å²) in [6.07, 6.45) is 0. The van der Waals surface area contributed by atoms with Gasteiger partial charge in [-0.25, -0.2) is 0 Å². The van der Waals surface area contributed by atoms with Crippen LogP contribution >= 0.6 is 0 Å². The van der Waals surface area contributed by atoms with Crippen molar-refractivity contribution in [3.05, 3.63) is 35.7 Å². The zero-order chi connectivity index (χ0) is 15.0. The predicted molar refractivity (Wildman–Crippen MR) is 79.5 cm³/mol. The lowest BCUT2D eigenvalue weighted by Crippen LogP contribution is -2.63. The maximum Gasteiger partial charge on any atom is 0.257 e. The largest absolute Gasteiger partial charge is 0.387 e. The highest BCUT2D eigenvalue weighted by Gasteiger charge is 2.43. The summed E-state index contributed by atoms with van der Waals surface area (Å²) in [7, 11) is 0. The molecule has 3 rings (SSSR count). The van der Waals surface area contributed by atoms with Crippen LogP contribution in [-0.4, -0.2) is 38.8 Å². The topological polar surface area (TPSA) is 62.4 Å². The molecule has 1 N–H and O–H groups in total. The molecule has 1 fully saturated rings. The lowest BCUT2D eigenvalue weighted by molar-refractivity contribution is -0.131. The number of aliphatic hydroxyl groups is 1. The lowest BCUT2D eigenvalue weighted by Gasteiger charge is -2.48. The molecule has 1 aliphatic heterocycles. The van der Waals surface area contributed by atoms with E-state index in [0.717, 1.165) is 11.1 Å². The summed E-state index contributed by atoms with van der Waals surface area (Å²) in [5.41, 5.74) is 1.54. The number of aromatic nitrogens is 2. The first-order valence-electron chi connectivity index (χ1n) is 7.31. The molecule has 2 heterocycles. The highest BCUT2D eigenvalue weighted by molar-refractivity contribution is 5.53. The maximum absolute atomic E-state index is 10.2. The van der Waals surface area contributed by atoms with Crippen LogP contribution in [0.4, 0.5) is 0 Å². The van der Waals surface area contributed by atoms with Crippen LogP contribution in [0.1, 0.15) is 25.2 Å². The van der Waals surface area contributed by atoms with Crippen LogP contribution in [0.3, 0.4) is 0 Å². The van der Waals surface area contributed by atoms with Crippen LogP contribution in [0.2, 0.25) is 0 Å². The molecule has 1 saturated heterocycles. The van der Waals surface area contributed by atoms with Crippen LogP contribution in [0.5, 0.6) is 0 Å². The van der Waals surface area contributed by atoms with Gasteiger partial charge < -0.3 is 9.63 Å². The van der Waals surface area contributed by atoms with Crippen molar-refractivity contribution in [1.29, 1.82) is 0 Å². The molecular weight excluding hydrogens is 266 g/mol. The monoisotopic (exact) mass is 287 g/mol.